The van der Waals surface area contributed by atoms with Crippen molar-refractivity contribution >= 4 is 17.7 Å². The fourth-order valence-electron chi connectivity index (χ4n) is 2.73. The quantitative estimate of drug-likeness (QED) is 0.755. The lowest BCUT2D eigenvalue weighted by Crippen LogP contribution is -2.40. The number of hydrogen-bond donors (Lipinski definition) is 0. The molecule has 4 heteroatoms. The zero-order valence-electron chi connectivity index (χ0n) is 13.1. The first-order valence-electron chi connectivity index (χ1n) is 7.72. The zero-order valence-corrected chi connectivity index (χ0v) is 13.9. The number of carbonyl (C=O) groups is 1. The monoisotopic (exact) mass is 306 g/mol. The normalized spacial score (nSPS) is 16.9. The van der Waals surface area contributed by atoms with Crippen molar-refractivity contribution in [2.45, 2.75) is 18.6 Å². The molecule has 3 nitrogen and oxygen atoms in total. The lowest BCUT2D eigenvalue weighted by Gasteiger charge is -2.32. The Hall–Kier alpha value is -1.00. The Morgan fingerprint density at radius 3 is 2.52 bits per heavy atom. The molecule has 0 atom stereocenters. The van der Waals surface area contributed by atoms with Crippen molar-refractivity contribution in [3.63, 3.8) is 0 Å². The summed E-state index contributed by atoms with van der Waals surface area (Å²) in [5.41, 5.74) is 1.40. The number of amides is 1. The van der Waals surface area contributed by atoms with E-state index in [0.717, 1.165) is 38.2 Å². The van der Waals surface area contributed by atoms with Crippen LogP contribution >= 0.6 is 11.8 Å². The van der Waals surface area contributed by atoms with Crippen molar-refractivity contribution in [2.75, 3.05) is 39.5 Å². The molecule has 2 rings (SSSR count). The minimum Gasteiger partial charge on any atom is -0.349 e. The molecule has 1 amide bonds. The number of benzene rings is 1. The molecule has 1 aromatic carbocycles. The summed E-state index contributed by atoms with van der Waals surface area (Å²) in [6.45, 7) is 3.27. The van der Waals surface area contributed by atoms with Gasteiger partial charge in [0.05, 0.1) is 0 Å². The summed E-state index contributed by atoms with van der Waals surface area (Å²) in [6.07, 6.45) is 2.03. The molecular weight excluding hydrogens is 280 g/mol. The number of carbonyl (C=O) groups excluding carboxylic acids is 1. The first-order valence-corrected chi connectivity index (χ1v) is 8.87. The lowest BCUT2D eigenvalue weighted by atomic mass is 9.95. The van der Waals surface area contributed by atoms with Gasteiger partial charge in [0.2, 0.25) is 5.91 Å². The minimum absolute atomic E-state index is 0.244. The number of likely N-dealkylation sites (tertiary alicyclic amines) is 1. The Balaban J connectivity index is 1.60. The largest absolute Gasteiger partial charge is 0.349 e. The topological polar surface area (TPSA) is 23.6 Å². The third kappa shape index (κ3) is 5.36. The number of hydrogen-bond acceptors (Lipinski definition) is 3. The van der Waals surface area contributed by atoms with Gasteiger partial charge in [-0.25, -0.2) is 0 Å². The van der Waals surface area contributed by atoms with E-state index >= 15 is 0 Å². The Morgan fingerprint density at radius 1 is 1.24 bits per heavy atom. The van der Waals surface area contributed by atoms with Crippen LogP contribution in [0.4, 0.5) is 0 Å². The van der Waals surface area contributed by atoms with E-state index in [1.807, 2.05) is 25.9 Å². The molecule has 0 bridgehead atoms. The maximum Gasteiger partial charge on any atom is 0.225 e. The van der Waals surface area contributed by atoms with E-state index in [9.17, 15) is 4.79 Å². The summed E-state index contributed by atoms with van der Waals surface area (Å²) in [5.74, 6) is 2.80. The second kappa shape index (κ2) is 8.44. The highest BCUT2D eigenvalue weighted by Gasteiger charge is 2.25. The molecule has 21 heavy (non-hydrogen) atoms. The van der Waals surface area contributed by atoms with E-state index in [1.165, 1.54) is 11.3 Å². The number of thioether (sulfide) groups is 1. The van der Waals surface area contributed by atoms with Gasteiger partial charge >= 0.3 is 0 Å². The fourth-order valence-corrected chi connectivity index (χ4v) is 3.69. The third-order valence-electron chi connectivity index (χ3n) is 4.04. The van der Waals surface area contributed by atoms with Gasteiger partial charge in [0, 0.05) is 38.1 Å². The maximum absolute atomic E-state index is 11.9. The van der Waals surface area contributed by atoms with Gasteiger partial charge in [0.25, 0.3) is 0 Å². The number of nitrogens with zero attached hydrogens (tertiary/aromatic N) is 2. The van der Waals surface area contributed by atoms with Gasteiger partial charge in [0.15, 0.2) is 0 Å². The first-order chi connectivity index (χ1) is 10.2. The van der Waals surface area contributed by atoms with E-state index in [0.29, 0.717) is 5.91 Å². The van der Waals surface area contributed by atoms with Crippen LogP contribution in [-0.4, -0.2) is 55.2 Å². The Kier molecular flexibility index (Phi) is 6.58. The Bertz CT molecular complexity index is 428. The van der Waals surface area contributed by atoms with Crippen molar-refractivity contribution < 1.29 is 4.79 Å². The number of rotatable bonds is 6. The van der Waals surface area contributed by atoms with E-state index in [-0.39, 0.29) is 5.92 Å². The summed E-state index contributed by atoms with van der Waals surface area (Å²) >= 11 is 2.00. The molecule has 0 aromatic heterocycles. The molecule has 116 valence electrons. The zero-order chi connectivity index (χ0) is 15.1. The summed E-state index contributed by atoms with van der Waals surface area (Å²) in [6, 6.07) is 10.6. The second-order valence-electron chi connectivity index (χ2n) is 5.89. The van der Waals surface area contributed by atoms with Crippen LogP contribution in [0.2, 0.25) is 0 Å². The van der Waals surface area contributed by atoms with Gasteiger partial charge < -0.3 is 9.80 Å². The van der Waals surface area contributed by atoms with Crippen LogP contribution in [0.1, 0.15) is 18.4 Å². The van der Waals surface area contributed by atoms with Gasteiger partial charge in [-0.2, -0.15) is 11.8 Å². The van der Waals surface area contributed by atoms with Gasteiger partial charge in [-0.3, -0.25) is 4.79 Å². The molecule has 1 aliphatic rings. The fraction of sp³-hybridized carbons (Fsp3) is 0.588. The minimum atomic E-state index is 0.244. The van der Waals surface area contributed by atoms with E-state index in [4.69, 9.17) is 0 Å². The average molecular weight is 306 g/mol. The lowest BCUT2D eigenvalue weighted by molar-refractivity contribution is -0.134. The Morgan fingerprint density at radius 2 is 1.90 bits per heavy atom. The molecule has 0 N–H and O–H groups in total. The molecule has 1 aliphatic heterocycles. The van der Waals surface area contributed by atoms with Crippen molar-refractivity contribution in [1.82, 2.24) is 9.80 Å². The van der Waals surface area contributed by atoms with Crippen LogP contribution in [0, 0.1) is 5.92 Å². The molecule has 0 saturated carbocycles. The molecule has 0 unspecified atom stereocenters. The highest BCUT2D eigenvalue weighted by atomic mass is 32.2. The SMILES string of the molecule is CN(C)C(=O)C1CCN(CCSCc2ccccc2)CC1. The summed E-state index contributed by atoms with van der Waals surface area (Å²) < 4.78 is 0. The molecule has 1 saturated heterocycles. The summed E-state index contributed by atoms with van der Waals surface area (Å²) in [5, 5.41) is 0. The third-order valence-corrected chi connectivity index (χ3v) is 5.05. The molecule has 0 radical (unpaired) electrons. The molecule has 0 spiro atoms. The van der Waals surface area contributed by atoms with Crippen molar-refractivity contribution in [2.24, 2.45) is 5.92 Å². The molecule has 1 fully saturated rings. The van der Waals surface area contributed by atoms with Gasteiger partial charge in [-0.1, -0.05) is 30.3 Å². The Labute approximate surface area is 132 Å². The molecule has 0 aliphatic carbocycles. The predicted molar refractivity (Wildman–Crippen MR) is 90.5 cm³/mol. The van der Waals surface area contributed by atoms with Crippen LogP contribution in [0.25, 0.3) is 0 Å². The summed E-state index contributed by atoms with van der Waals surface area (Å²) in [7, 11) is 3.71. The predicted octanol–water partition coefficient (Wildman–Crippen LogP) is 2.72. The van der Waals surface area contributed by atoms with Gasteiger partial charge in [-0.05, 0) is 31.5 Å². The van der Waals surface area contributed by atoms with Crippen molar-refractivity contribution in [3.05, 3.63) is 35.9 Å². The van der Waals surface area contributed by atoms with Crippen molar-refractivity contribution in [3.8, 4) is 0 Å². The van der Waals surface area contributed by atoms with Crippen molar-refractivity contribution in [1.29, 1.82) is 0 Å². The molecule has 1 heterocycles. The van der Waals surface area contributed by atoms with Crippen LogP contribution in [0.5, 0.6) is 0 Å². The van der Waals surface area contributed by atoms with Crippen LogP contribution < -0.4 is 0 Å². The second-order valence-corrected chi connectivity index (χ2v) is 6.99. The highest BCUT2D eigenvalue weighted by molar-refractivity contribution is 7.98. The molecular formula is C17H26N2OS. The highest BCUT2D eigenvalue weighted by Crippen LogP contribution is 2.19. The first kappa shape index (κ1) is 16.4. The number of piperidine rings is 1. The van der Waals surface area contributed by atoms with Gasteiger partial charge in [0.1, 0.15) is 0 Å². The van der Waals surface area contributed by atoms with Crippen LogP contribution in [0.15, 0.2) is 30.3 Å². The average Bonchev–Trinajstić information content (AvgIpc) is 2.52. The van der Waals surface area contributed by atoms with Crippen LogP contribution in [0.3, 0.4) is 0 Å². The van der Waals surface area contributed by atoms with Gasteiger partial charge in [-0.15, -0.1) is 0 Å². The van der Waals surface area contributed by atoms with E-state index in [2.05, 4.69) is 35.2 Å². The smallest absolute Gasteiger partial charge is 0.225 e. The van der Waals surface area contributed by atoms with Crippen LogP contribution in [-0.2, 0) is 10.5 Å². The van der Waals surface area contributed by atoms with E-state index < -0.39 is 0 Å². The summed E-state index contributed by atoms with van der Waals surface area (Å²) in [4.78, 5) is 16.2. The standard InChI is InChI=1S/C17H26N2OS/c1-18(2)17(20)16-8-10-19(11-9-16)12-13-21-14-15-6-4-3-5-7-15/h3-7,16H,8-14H2,1-2H3. The maximum atomic E-state index is 11.9. The molecule has 1 aromatic rings. The van der Waals surface area contributed by atoms with E-state index in [1.54, 1.807) is 4.90 Å².